The molecule has 7 nitrogen and oxygen atoms in total. The molecule has 32 heavy (non-hydrogen) atoms. The number of hydrogen-bond donors (Lipinski definition) is 2. The van der Waals surface area contributed by atoms with E-state index in [0.717, 1.165) is 54.4 Å². The first-order valence-electron chi connectivity index (χ1n) is 11.9. The Hall–Kier alpha value is -2.51. The first kappa shape index (κ1) is 22.7. The van der Waals surface area contributed by atoms with Crippen LogP contribution in [0.25, 0.3) is 16.6 Å². The first-order chi connectivity index (χ1) is 15.6. The Bertz CT molecular complexity index is 964. The summed E-state index contributed by atoms with van der Waals surface area (Å²) in [4.78, 5) is 19.1. The molecule has 1 atom stereocenters. The van der Waals surface area contributed by atoms with E-state index in [4.69, 9.17) is 15.7 Å². The molecule has 1 aromatic heterocycles. The quantitative estimate of drug-likeness (QED) is 0.490. The summed E-state index contributed by atoms with van der Waals surface area (Å²) < 4.78 is 0. The van der Waals surface area contributed by atoms with Gasteiger partial charge < -0.3 is 20.9 Å². The van der Waals surface area contributed by atoms with Crippen molar-refractivity contribution < 1.29 is 0 Å². The van der Waals surface area contributed by atoms with Crippen molar-refractivity contribution in [3.63, 3.8) is 0 Å². The molecule has 3 N–H and O–H groups in total. The lowest BCUT2D eigenvalue weighted by molar-refractivity contribution is 0.234. The van der Waals surface area contributed by atoms with E-state index in [9.17, 15) is 0 Å². The lowest BCUT2D eigenvalue weighted by Crippen LogP contribution is -2.50. The Balaban J connectivity index is 1.43. The molecule has 1 aliphatic heterocycles. The molecule has 0 radical (unpaired) electrons. The van der Waals surface area contributed by atoms with Crippen LogP contribution in [0.15, 0.2) is 35.6 Å². The molecule has 7 heteroatoms. The van der Waals surface area contributed by atoms with Crippen LogP contribution in [0, 0.1) is 5.92 Å². The van der Waals surface area contributed by atoms with Gasteiger partial charge in [0, 0.05) is 49.4 Å². The van der Waals surface area contributed by atoms with Crippen molar-refractivity contribution in [2.45, 2.75) is 44.7 Å². The summed E-state index contributed by atoms with van der Waals surface area (Å²) in [6, 6.07) is 7.31. The number of anilines is 1. The summed E-state index contributed by atoms with van der Waals surface area (Å²) in [5, 5.41) is 3.22. The average Bonchev–Trinajstić information content (AvgIpc) is 2.78. The van der Waals surface area contributed by atoms with Crippen molar-refractivity contribution in [2.24, 2.45) is 16.6 Å². The molecule has 2 aliphatic rings. The molecule has 0 bridgehead atoms. The molecule has 4 rings (SSSR count). The Morgan fingerprint density at radius 1 is 1.28 bits per heavy atom. The topological polar surface area (TPSA) is 82.7 Å². The molecule has 0 amide bonds. The zero-order chi connectivity index (χ0) is 22.5. The van der Waals surface area contributed by atoms with E-state index in [1.165, 1.54) is 31.4 Å². The number of rotatable bonds is 8. The van der Waals surface area contributed by atoms with E-state index in [2.05, 4.69) is 52.3 Å². The molecule has 1 saturated carbocycles. The molecule has 2 heterocycles. The van der Waals surface area contributed by atoms with Gasteiger partial charge in [-0.1, -0.05) is 0 Å². The predicted molar refractivity (Wildman–Crippen MR) is 134 cm³/mol. The SMILES string of the molecule is CNCCCC1CC(N=CC(=CN)c2cnc3ccc(N4CCN(C)[C@H](C)C4)cc3n2)C1. The van der Waals surface area contributed by atoms with Crippen molar-refractivity contribution in [2.75, 3.05) is 45.2 Å². The van der Waals surface area contributed by atoms with E-state index < -0.39 is 0 Å². The van der Waals surface area contributed by atoms with Gasteiger partial charge in [0.2, 0.25) is 0 Å². The molecule has 2 fully saturated rings. The van der Waals surface area contributed by atoms with Crippen LogP contribution in [0.1, 0.15) is 38.3 Å². The number of hydrogen-bond acceptors (Lipinski definition) is 7. The standard InChI is InChI=1S/C25H37N7/c1-18-17-32(10-9-31(18)3)22-6-7-23-24(13-22)30-25(16-29-23)20(14-26)15-28-21-11-19(12-21)5-4-8-27-2/h6-7,13-16,18-19,21,27H,4-5,8-12,17,26H2,1-3H3/t18-,19?,21?/m1/s1. The molecule has 0 unspecified atom stereocenters. The van der Waals surface area contributed by atoms with Crippen LogP contribution in [-0.2, 0) is 0 Å². The first-order valence-corrected chi connectivity index (χ1v) is 11.9. The van der Waals surface area contributed by atoms with Crippen LogP contribution >= 0.6 is 0 Å². The summed E-state index contributed by atoms with van der Waals surface area (Å²) in [5.74, 6) is 0.812. The molecule has 1 aliphatic carbocycles. The van der Waals surface area contributed by atoms with Crippen LogP contribution in [0.5, 0.6) is 0 Å². The van der Waals surface area contributed by atoms with Crippen LogP contribution in [0.3, 0.4) is 0 Å². The number of allylic oxidation sites excluding steroid dienone is 1. The fraction of sp³-hybridized carbons (Fsp3) is 0.560. The van der Waals surface area contributed by atoms with Gasteiger partial charge in [0.15, 0.2) is 0 Å². The fourth-order valence-electron chi connectivity index (χ4n) is 4.62. The van der Waals surface area contributed by atoms with Crippen molar-refractivity contribution in [3.05, 3.63) is 36.3 Å². The Morgan fingerprint density at radius 3 is 2.88 bits per heavy atom. The van der Waals surface area contributed by atoms with Crippen molar-refractivity contribution in [1.29, 1.82) is 0 Å². The molecule has 2 aromatic rings. The van der Waals surface area contributed by atoms with E-state index in [-0.39, 0.29) is 0 Å². The lowest BCUT2D eigenvalue weighted by Gasteiger charge is -2.39. The minimum absolute atomic E-state index is 0.406. The highest BCUT2D eigenvalue weighted by Gasteiger charge is 2.27. The maximum Gasteiger partial charge on any atom is 0.0922 e. The third kappa shape index (κ3) is 5.27. The molecular formula is C25H37N7. The minimum Gasteiger partial charge on any atom is -0.404 e. The van der Waals surface area contributed by atoms with Gasteiger partial charge in [-0.15, -0.1) is 0 Å². The van der Waals surface area contributed by atoms with E-state index in [1.807, 2.05) is 13.3 Å². The number of piperazine rings is 1. The monoisotopic (exact) mass is 435 g/mol. The van der Waals surface area contributed by atoms with Crippen molar-refractivity contribution in [3.8, 4) is 0 Å². The smallest absolute Gasteiger partial charge is 0.0922 e. The van der Waals surface area contributed by atoms with Crippen LogP contribution in [-0.4, -0.2) is 73.4 Å². The summed E-state index contributed by atoms with van der Waals surface area (Å²) in [7, 11) is 4.20. The van der Waals surface area contributed by atoms with Crippen LogP contribution in [0.2, 0.25) is 0 Å². The number of aliphatic imine (C=N–C) groups is 1. The molecule has 1 saturated heterocycles. The number of benzene rings is 1. The second kappa shape index (κ2) is 10.4. The second-order valence-electron chi connectivity index (χ2n) is 9.34. The molecule has 172 valence electrons. The Labute approximate surface area is 191 Å². The Morgan fingerprint density at radius 2 is 2.12 bits per heavy atom. The number of aromatic nitrogens is 2. The zero-order valence-corrected chi connectivity index (χ0v) is 19.7. The van der Waals surface area contributed by atoms with Gasteiger partial charge in [0.1, 0.15) is 0 Å². The van der Waals surface area contributed by atoms with E-state index in [1.54, 1.807) is 12.4 Å². The summed E-state index contributed by atoms with van der Waals surface area (Å²) >= 11 is 0. The van der Waals surface area contributed by atoms with Crippen LogP contribution < -0.4 is 16.0 Å². The summed E-state index contributed by atoms with van der Waals surface area (Å²) in [6.07, 6.45) is 10.2. The van der Waals surface area contributed by atoms with Gasteiger partial charge in [-0.25, -0.2) is 4.98 Å². The number of likely N-dealkylation sites (N-methyl/N-ethyl adjacent to an activating group) is 1. The van der Waals surface area contributed by atoms with Gasteiger partial charge in [0.05, 0.1) is 29.0 Å². The highest BCUT2D eigenvalue weighted by Crippen LogP contribution is 2.33. The minimum atomic E-state index is 0.406. The predicted octanol–water partition coefficient (Wildman–Crippen LogP) is 2.92. The lowest BCUT2D eigenvalue weighted by atomic mass is 9.78. The molecule has 0 spiro atoms. The fourth-order valence-corrected chi connectivity index (χ4v) is 4.62. The average molecular weight is 436 g/mol. The Kier molecular flexibility index (Phi) is 7.37. The third-order valence-electron chi connectivity index (χ3n) is 7.00. The van der Waals surface area contributed by atoms with E-state index >= 15 is 0 Å². The van der Waals surface area contributed by atoms with Gasteiger partial charge in [0.25, 0.3) is 0 Å². The number of fused-ring (bicyclic) bond motifs is 1. The van der Waals surface area contributed by atoms with Gasteiger partial charge in [-0.05, 0) is 77.4 Å². The number of nitrogens with one attached hydrogen (secondary N) is 1. The number of nitrogens with zero attached hydrogens (tertiary/aromatic N) is 5. The van der Waals surface area contributed by atoms with Gasteiger partial charge in [-0.3, -0.25) is 9.98 Å². The summed E-state index contributed by atoms with van der Waals surface area (Å²) in [6.45, 7) is 6.49. The summed E-state index contributed by atoms with van der Waals surface area (Å²) in [5.41, 5.74) is 10.5. The highest BCUT2D eigenvalue weighted by molar-refractivity contribution is 6.09. The van der Waals surface area contributed by atoms with Crippen LogP contribution in [0.4, 0.5) is 5.69 Å². The van der Waals surface area contributed by atoms with E-state index in [0.29, 0.717) is 12.1 Å². The maximum absolute atomic E-state index is 5.94. The number of nitrogens with two attached hydrogens (primary N) is 1. The highest BCUT2D eigenvalue weighted by atomic mass is 15.3. The van der Waals surface area contributed by atoms with Gasteiger partial charge in [-0.2, -0.15) is 0 Å². The third-order valence-corrected chi connectivity index (χ3v) is 7.00. The second-order valence-corrected chi connectivity index (χ2v) is 9.34. The van der Waals surface area contributed by atoms with Gasteiger partial charge >= 0.3 is 0 Å². The largest absolute Gasteiger partial charge is 0.404 e. The maximum atomic E-state index is 5.94. The molecular weight excluding hydrogens is 398 g/mol. The zero-order valence-electron chi connectivity index (χ0n) is 19.7. The van der Waals surface area contributed by atoms with Crippen molar-refractivity contribution >= 4 is 28.5 Å². The normalized spacial score (nSPS) is 24.9. The molecule has 1 aromatic carbocycles. The van der Waals surface area contributed by atoms with Crippen molar-refractivity contribution in [1.82, 2.24) is 20.2 Å².